The highest BCUT2D eigenvalue weighted by Gasteiger charge is 2.06. The van der Waals surface area contributed by atoms with Crippen molar-refractivity contribution in [3.8, 4) is 5.75 Å². The smallest absolute Gasteiger partial charge is 0.252 e. The maximum absolute atomic E-state index is 12.0. The van der Waals surface area contributed by atoms with Gasteiger partial charge in [0.05, 0.1) is 12.2 Å². The average molecular weight is 386 g/mol. The van der Waals surface area contributed by atoms with E-state index in [2.05, 4.69) is 31.2 Å². The van der Waals surface area contributed by atoms with Gasteiger partial charge < -0.3 is 10.1 Å². The highest BCUT2D eigenvalue weighted by Crippen LogP contribution is 2.22. The van der Waals surface area contributed by atoms with Crippen molar-refractivity contribution >= 4 is 32.7 Å². The molecule has 0 unspecified atom stereocenters. The standard InChI is InChI=1S/C18H16BrN3O2/c19-15-10-14(11-20-12-15)18(23)22-8-3-9-24-16-6-1-4-13-5-2-7-21-17(13)16/h1-2,4-7,10-12H,3,8-9H2,(H,22,23). The quantitative estimate of drug-likeness (QED) is 0.658. The lowest BCUT2D eigenvalue weighted by Gasteiger charge is -2.09. The number of para-hydroxylation sites is 1. The molecule has 0 atom stereocenters. The molecular weight excluding hydrogens is 370 g/mol. The summed E-state index contributed by atoms with van der Waals surface area (Å²) in [6.07, 6.45) is 5.64. The Kier molecular flexibility index (Phi) is 5.38. The van der Waals surface area contributed by atoms with Gasteiger partial charge in [-0.25, -0.2) is 0 Å². The van der Waals surface area contributed by atoms with E-state index in [0.29, 0.717) is 25.1 Å². The molecule has 0 aliphatic rings. The summed E-state index contributed by atoms with van der Waals surface area (Å²) in [4.78, 5) is 20.3. The third kappa shape index (κ3) is 4.08. The molecule has 2 heterocycles. The summed E-state index contributed by atoms with van der Waals surface area (Å²) in [6.45, 7) is 1.04. The molecule has 2 aromatic heterocycles. The molecule has 1 N–H and O–H groups in total. The number of ether oxygens (including phenoxy) is 1. The highest BCUT2D eigenvalue weighted by molar-refractivity contribution is 9.10. The van der Waals surface area contributed by atoms with Crippen molar-refractivity contribution in [2.45, 2.75) is 6.42 Å². The van der Waals surface area contributed by atoms with Gasteiger partial charge in [-0.3, -0.25) is 14.8 Å². The number of aromatic nitrogens is 2. The van der Waals surface area contributed by atoms with E-state index in [4.69, 9.17) is 4.74 Å². The van der Waals surface area contributed by atoms with Crippen molar-refractivity contribution in [1.82, 2.24) is 15.3 Å². The van der Waals surface area contributed by atoms with Crippen LogP contribution in [0.15, 0.2) is 59.5 Å². The number of amides is 1. The number of halogens is 1. The third-order valence-electron chi connectivity index (χ3n) is 3.43. The second kappa shape index (κ2) is 7.88. The van der Waals surface area contributed by atoms with Crippen molar-refractivity contribution in [3.05, 3.63) is 65.0 Å². The Bertz CT molecular complexity index is 849. The van der Waals surface area contributed by atoms with E-state index in [0.717, 1.165) is 21.1 Å². The minimum absolute atomic E-state index is 0.143. The number of pyridine rings is 2. The fourth-order valence-electron chi connectivity index (χ4n) is 2.29. The predicted molar refractivity (Wildman–Crippen MR) is 96.1 cm³/mol. The Labute approximate surface area is 148 Å². The molecular formula is C18H16BrN3O2. The van der Waals surface area contributed by atoms with E-state index in [1.54, 1.807) is 24.7 Å². The zero-order valence-corrected chi connectivity index (χ0v) is 14.5. The number of rotatable bonds is 6. The molecule has 0 bridgehead atoms. The monoisotopic (exact) mass is 385 g/mol. The number of carbonyl (C=O) groups excluding carboxylic acids is 1. The number of hydrogen-bond acceptors (Lipinski definition) is 4. The second-order valence-electron chi connectivity index (χ2n) is 5.18. The molecule has 3 rings (SSSR count). The Balaban J connectivity index is 1.48. The normalized spacial score (nSPS) is 10.5. The van der Waals surface area contributed by atoms with E-state index in [-0.39, 0.29) is 5.91 Å². The highest BCUT2D eigenvalue weighted by atomic mass is 79.9. The van der Waals surface area contributed by atoms with Crippen LogP contribution in [0.1, 0.15) is 16.8 Å². The molecule has 1 aromatic carbocycles. The first-order valence-corrected chi connectivity index (χ1v) is 8.38. The van der Waals surface area contributed by atoms with Crippen LogP contribution in [0.4, 0.5) is 0 Å². The lowest BCUT2D eigenvalue weighted by atomic mass is 10.2. The van der Waals surface area contributed by atoms with E-state index < -0.39 is 0 Å². The number of nitrogens with zero attached hydrogens (tertiary/aromatic N) is 2. The van der Waals surface area contributed by atoms with Crippen molar-refractivity contribution < 1.29 is 9.53 Å². The van der Waals surface area contributed by atoms with Gasteiger partial charge in [-0.2, -0.15) is 0 Å². The Hall–Kier alpha value is -2.47. The van der Waals surface area contributed by atoms with Gasteiger partial charge in [0, 0.05) is 35.0 Å². The molecule has 6 heteroatoms. The lowest BCUT2D eigenvalue weighted by Crippen LogP contribution is -2.25. The Morgan fingerprint density at radius 3 is 2.96 bits per heavy atom. The third-order valence-corrected chi connectivity index (χ3v) is 3.86. The van der Waals surface area contributed by atoms with E-state index >= 15 is 0 Å². The van der Waals surface area contributed by atoms with Crippen LogP contribution < -0.4 is 10.1 Å². The minimum atomic E-state index is -0.143. The van der Waals surface area contributed by atoms with Gasteiger partial charge in [0.1, 0.15) is 11.3 Å². The van der Waals surface area contributed by atoms with Gasteiger partial charge >= 0.3 is 0 Å². The summed E-state index contributed by atoms with van der Waals surface area (Å²) in [5.74, 6) is 0.617. The molecule has 0 radical (unpaired) electrons. The Morgan fingerprint density at radius 1 is 1.21 bits per heavy atom. The summed E-state index contributed by atoms with van der Waals surface area (Å²) in [5.41, 5.74) is 1.38. The summed E-state index contributed by atoms with van der Waals surface area (Å²) in [6, 6.07) is 11.5. The number of fused-ring (bicyclic) bond motifs is 1. The Morgan fingerprint density at radius 2 is 2.08 bits per heavy atom. The molecule has 1 amide bonds. The number of carbonyl (C=O) groups is 1. The SMILES string of the molecule is O=C(NCCCOc1cccc2cccnc12)c1cncc(Br)c1. The zero-order chi connectivity index (χ0) is 16.8. The van der Waals surface area contributed by atoms with Crippen LogP contribution >= 0.6 is 15.9 Å². The first-order valence-electron chi connectivity index (χ1n) is 7.59. The molecule has 0 aliphatic heterocycles. The van der Waals surface area contributed by atoms with Gasteiger partial charge in [-0.05, 0) is 40.5 Å². The second-order valence-corrected chi connectivity index (χ2v) is 6.10. The van der Waals surface area contributed by atoms with Crippen LogP contribution in [0, 0.1) is 0 Å². The maximum Gasteiger partial charge on any atom is 0.252 e. The predicted octanol–water partition coefficient (Wildman–Crippen LogP) is 3.59. The van der Waals surface area contributed by atoms with Crippen LogP contribution in [0.2, 0.25) is 0 Å². The summed E-state index contributed by atoms with van der Waals surface area (Å²) in [5, 5.41) is 3.90. The van der Waals surface area contributed by atoms with Gasteiger partial charge in [0.2, 0.25) is 0 Å². The molecule has 5 nitrogen and oxygen atoms in total. The zero-order valence-electron chi connectivity index (χ0n) is 12.9. The van der Waals surface area contributed by atoms with Crippen LogP contribution in [0.25, 0.3) is 10.9 Å². The van der Waals surface area contributed by atoms with E-state index in [1.807, 2.05) is 30.3 Å². The van der Waals surface area contributed by atoms with E-state index in [9.17, 15) is 4.79 Å². The average Bonchev–Trinajstić information content (AvgIpc) is 2.61. The van der Waals surface area contributed by atoms with Gasteiger partial charge in [-0.15, -0.1) is 0 Å². The number of benzene rings is 1. The van der Waals surface area contributed by atoms with Crippen molar-refractivity contribution in [3.63, 3.8) is 0 Å². The first kappa shape index (κ1) is 16.4. The molecule has 0 aliphatic carbocycles. The molecule has 122 valence electrons. The van der Waals surface area contributed by atoms with Crippen molar-refractivity contribution in [1.29, 1.82) is 0 Å². The van der Waals surface area contributed by atoms with Crippen LogP contribution in [-0.2, 0) is 0 Å². The van der Waals surface area contributed by atoms with Crippen LogP contribution in [-0.4, -0.2) is 29.0 Å². The first-order chi connectivity index (χ1) is 11.7. The summed E-state index contributed by atoms with van der Waals surface area (Å²) >= 11 is 3.30. The van der Waals surface area contributed by atoms with Crippen LogP contribution in [0.3, 0.4) is 0 Å². The van der Waals surface area contributed by atoms with Crippen molar-refractivity contribution in [2.75, 3.05) is 13.2 Å². The fourth-order valence-corrected chi connectivity index (χ4v) is 2.65. The molecule has 0 saturated carbocycles. The minimum Gasteiger partial charge on any atom is -0.491 e. The van der Waals surface area contributed by atoms with Gasteiger partial charge in [0.25, 0.3) is 5.91 Å². The molecule has 3 aromatic rings. The molecule has 0 saturated heterocycles. The molecule has 0 fully saturated rings. The van der Waals surface area contributed by atoms with Gasteiger partial charge in [-0.1, -0.05) is 18.2 Å². The van der Waals surface area contributed by atoms with E-state index in [1.165, 1.54) is 0 Å². The topological polar surface area (TPSA) is 64.1 Å². The molecule has 24 heavy (non-hydrogen) atoms. The van der Waals surface area contributed by atoms with Crippen LogP contribution in [0.5, 0.6) is 5.75 Å². The number of hydrogen-bond donors (Lipinski definition) is 1. The fraction of sp³-hybridized carbons (Fsp3) is 0.167. The molecule has 0 spiro atoms. The summed E-state index contributed by atoms with van der Waals surface area (Å²) < 4.78 is 6.57. The maximum atomic E-state index is 12.0. The van der Waals surface area contributed by atoms with Crippen molar-refractivity contribution in [2.24, 2.45) is 0 Å². The van der Waals surface area contributed by atoms with Gasteiger partial charge in [0.15, 0.2) is 0 Å². The number of nitrogens with one attached hydrogen (secondary N) is 1. The summed E-state index contributed by atoms with van der Waals surface area (Å²) in [7, 11) is 0. The largest absolute Gasteiger partial charge is 0.491 e. The lowest BCUT2D eigenvalue weighted by molar-refractivity contribution is 0.0951.